The largest absolute Gasteiger partial charge is 0.292 e. The molecule has 9 aromatic rings. The third-order valence-electron chi connectivity index (χ3n) is 8.79. The zero-order valence-corrected chi connectivity index (χ0v) is 25.5. The second-order valence-corrected chi connectivity index (χ2v) is 11.7. The van der Waals surface area contributed by atoms with Crippen molar-refractivity contribution in [1.82, 2.24) is 19.5 Å². The first-order chi connectivity index (χ1) is 23.3. The van der Waals surface area contributed by atoms with Gasteiger partial charge in [0.2, 0.25) is 0 Å². The minimum absolute atomic E-state index is 0.699. The maximum Gasteiger partial charge on any atom is 0.160 e. The quantitative estimate of drug-likeness (QED) is 0.185. The number of para-hydroxylation sites is 1. The van der Waals surface area contributed by atoms with Crippen LogP contribution in [0.15, 0.2) is 170 Å². The van der Waals surface area contributed by atoms with Gasteiger partial charge >= 0.3 is 0 Å². The number of benzene rings is 7. The third-order valence-corrected chi connectivity index (χ3v) is 8.79. The van der Waals surface area contributed by atoms with Crippen molar-refractivity contribution < 1.29 is 0 Å². The molecule has 0 unspecified atom stereocenters. The fourth-order valence-electron chi connectivity index (χ4n) is 6.54. The summed E-state index contributed by atoms with van der Waals surface area (Å²) >= 11 is 0. The highest BCUT2D eigenvalue weighted by molar-refractivity contribution is 6.19. The minimum Gasteiger partial charge on any atom is -0.292 e. The second kappa shape index (κ2) is 11.2. The standard InChI is InChI=1S/C43H28N4/c1-5-13-29(14-6-1)37-28-38(30-15-7-2-8-16-30)45-42(44-37)34-23-25-36-33(27-34)22-21-31-24-26-39-41(40(31)36)46-43(32-17-9-3-10-18-32)47(39)35-19-11-4-12-20-35/h1-28H. The molecule has 0 saturated heterocycles. The van der Waals surface area contributed by atoms with Gasteiger partial charge in [0.15, 0.2) is 5.82 Å². The van der Waals surface area contributed by atoms with Crippen LogP contribution in [0.4, 0.5) is 0 Å². The topological polar surface area (TPSA) is 43.6 Å². The highest BCUT2D eigenvalue weighted by Crippen LogP contribution is 2.37. The molecule has 0 fully saturated rings. The maximum absolute atomic E-state index is 5.35. The van der Waals surface area contributed by atoms with Gasteiger partial charge in [0.05, 0.1) is 22.4 Å². The molecule has 9 rings (SSSR count). The molecule has 0 amide bonds. The van der Waals surface area contributed by atoms with E-state index in [1.807, 2.05) is 48.5 Å². The Kier molecular flexibility index (Phi) is 6.43. The average molecular weight is 601 g/mol. The Morgan fingerprint density at radius 3 is 1.60 bits per heavy atom. The molecular weight excluding hydrogens is 573 g/mol. The van der Waals surface area contributed by atoms with Crippen LogP contribution in [-0.4, -0.2) is 19.5 Å². The van der Waals surface area contributed by atoms with E-state index in [1.54, 1.807) is 0 Å². The zero-order valence-electron chi connectivity index (χ0n) is 25.5. The van der Waals surface area contributed by atoms with Gasteiger partial charge in [0, 0.05) is 33.3 Å². The van der Waals surface area contributed by atoms with E-state index in [-0.39, 0.29) is 0 Å². The first-order valence-electron chi connectivity index (χ1n) is 15.8. The molecule has 7 aromatic carbocycles. The van der Waals surface area contributed by atoms with Gasteiger partial charge in [-0.2, -0.15) is 0 Å². The summed E-state index contributed by atoms with van der Waals surface area (Å²) in [4.78, 5) is 15.5. The average Bonchev–Trinajstić information content (AvgIpc) is 3.56. The van der Waals surface area contributed by atoms with Gasteiger partial charge in [0.1, 0.15) is 5.82 Å². The number of aromatic nitrogens is 4. The van der Waals surface area contributed by atoms with E-state index >= 15 is 0 Å². The Morgan fingerprint density at radius 2 is 0.957 bits per heavy atom. The van der Waals surface area contributed by atoms with Crippen LogP contribution in [0.2, 0.25) is 0 Å². The van der Waals surface area contributed by atoms with E-state index in [0.717, 1.165) is 77.7 Å². The Hall–Kier alpha value is -6.39. The van der Waals surface area contributed by atoms with Gasteiger partial charge in [-0.25, -0.2) is 15.0 Å². The molecule has 0 aliphatic heterocycles. The lowest BCUT2D eigenvalue weighted by atomic mass is 9.98. The van der Waals surface area contributed by atoms with E-state index in [1.165, 1.54) is 0 Å². The highest BCUT2D eigenvalue weighted by Gasteiger charge is 2.18. The fourth-order valence-corrected chi connectivity index (χ4v) is 6.54. The number of hydrogen-bond donors (Lipinski definition) is 0. The van der Waals surface area contributed by atoms with Crippen LogP contribution in [0.1, 0.15) is 0 Å². The molecule has 0 bridgehead atoms. The van der Waals surface area contributed by atoms with Crippen LogP contribution in [0.3, 0.4) is 0 Å². The van der Waals surface area contributed by atoms with Crippen molar-refractivity contribution in [2.45, 2.75) is 0 Å². The van der Waals surface area contributed by atoms with Crippen molar-refractivity contribution in [3.63, 3.8) is 0 Å². The van der Waals surface area contributed by atoms with E-state index < -0.39 is 0 Å². The lowest BCUT2D eigenvalue weighted by Crippen LogP contribution is -1.97. The van der Waals surface area contributed by atoms with Crippen molar-refractivity contribution in [1.29, 1.82) is 0 Å². The molecule has 0 N–H and O–H groups in total. The molecule has 47 heavy (non-hydrogen) atoms. The van der Waals surface area contributed by atoms with Crippen LogP contribution in [0.5, 0.6) is 0 Å². The zero-order chi connectivity index (χ0) is 31.2. The summed E-state index contributed by atoms with van der Waals surface area (Å²) in [5.74, 6) is 1.62. The van der Waals surface area contributed by atoms with E-state index in [2.05, 4.69) is 126 Å². The number of rotatable bonds is 5. The molecule has 0 spiro atoms. The maximum atomic E-state index is 5.35. The summed E-state index contributed by atoms with van der Waals surface area (Å²) in [5.41, 5.74) is 9.11. The lowest BCUT2D eigenvalue weighted by Gasteiger charge is -2.11. The molecule has 2 heterocycles. The Morgan fingerprint density at radius 1 is 0.404 bits per heavy atom. The van der Waals surface area contributed by atoms with Crippen molar-refractivity contribution in [3.8, 4) is 51.0 Å². The van der Waals surface area contributed by atoms with Crippen LogP contribution in [-0.2, 0) is 0 Å². The van der Waals surface area contributed by atoms with Crippen LogP contribution < -0.4 is 0 Å². The van der Waals surface area contributed by atoms with Crippen LogP contribution in [0, 0.1) is 0 Å². The second-order valence-electron chi connectivity index (χ2n) is 11.7. The molecule has 4 heteroatoms. The predicted octanol–water partition coefficient (Wildman–Crippen LogP) is 10.8. The van der Waals surface area contributed by atoms with Crippen LogP contribution >= 0.6 is 0 Å². The van der Waals surface area contributed by atoms with Crippen molar-refractivity contribution in [2.75, 3.05) is 0 Å². The van der Waals surface area contributed by atoms with Crippen molar-refractivity contribution in [2.24, 2.45) is 0 Å². The number of hydrogen-bond acceptors (Lipinski definition) is 3. The molecular formula is C43H28N4. The Balaban J connectivity index is 1.26. The van der Waals surface area contributed by atoms with Crippen molar-refractivity contribution in [3.05, 3.63) is 170 Å². The smallest absolute Gasteiger partial charge is 0.160 e. The van der Waals surface area contributed by atoms with Gasteiger partial charge in [0.25, 0.3) is 0 Å². The van der Waals surface area contributed by atoms with Gasteiger partial charge in [-0.15, -0.1) is 0 Å². The monoisotopic (exact) mass is 600 g/mol. The van der Waals surface area contributed by atoms with Crippen LogP contribution in [0.25, 0.3) is 83.6 Å². The number of imidazole rings is 1. The number of fused-ring (bicyclic) bond motifs is 5. The highest BCUT2D eigenvalue weighted by atomic mass is 15.1. The first-order valence-corrected chi connectivity index (χ1v) is 15.8. The van der Waals surface area contributed by atoms with Gasteiger partial charge in [-0.1, -0.05) is 140 Å². The summed E-state index contributed by atoms with van der Waals surface area (Å²) in [6, 6.07) is 58.9. The molecule has 0 aliphatic carbocycles. The normalized spacial score (nSPS) is 11.4. The van der Waals surface area contributed by atoms with E-state index in [4.69, 9.17) is 15.0 Å². The van der Waals surface area contributed by atoms with Gasteiger partial charge in [-0.3, -0.25) is 4.57 Å². The summed E-state index contributed by atoms with van der Waals surface area (Å²) in [6.07, 6.45) is 0. The summed E-state index contributed by atoms with van der Waals surface area (Å²) < 4.78 is 2.27. The predicted molar refractivity (Wildman–Crippen MR) is 193 cm³/mol. The minimum atomic E-state index is 0.699. The molecule has 0 radical (unpaired) electrons. The first kappa shape index (κ1) is 27.0. The Bertz CT molecular complexity index is 2480. The lowest BCUT2D eigenvalue weighted by molar-refractivity contribution is 1.10. The van der Waals surface area contributed by atoms with E-state index in [0.29, 0.717) is 5.82 Å². The number of nitrogens with zero attached hydrogens (tertiary/aromatic N) is 4. The molecule has 4 nitrogen and oxygen atoms in total. The van der Waals surface area contributed by atoms with E-state index in [9.17, 15) is 0 Å². The molecule has 0 aliphatic rings. The molecule has 0 saturated carbocycles. The summed E-state index contributed by atoms with van der Waals surface area (Å²) in [7, 11) is 0. The van der Waals surface area contributed by atoms with Gasteiger partial charge < -0.3 is 0 Å². The molecule has 220 valence electrons. The third kappa shape index (κ3) is 4.75. The molecule has 2 aromatic heterocycles. The van der Waals surface area contributed by atoms with Crippen molar-refractivity contribution >= 4 is 32.6 Å². The summed E-state index contributed by atoms with van der Waals surface area (Å²) in [5, 5.41) is 4.57. The molecule has 0 atom stereocenters. The fraction of sp³-hybridized carbons (Fsp3) is 0. The SMILES string of the molecule is c1ccc(-c2cc(-c3ccccc3)nc(-c3ccc4c(ccc5ccc6c(nc(-c7ccccc7)n6-c6ccccc6)c54)c3)n2)cc1. The van der Waals surface area contributed by atoms with Gasteiger partial charge in [-0.05, 0) is 46.5 Å². The Labute approximate surface area is 272 Å². The summed E-state index contributed by atoms with van der Waals surface area (Å²) in [6.45, 7) is 0.